The molecule has 0 bridgehead atoms. The topological polar surface area (TPSA) is 116 Å². The van der Waals surface area contributed by atoms with E-state index in [4.69, 9.17) is 0 Å². The molecule has 8 heteroatoms. The van der Waals surface area contributed by atoms with Gasteiger partial charge in [-0.25, -0.2) is 4.98 Å². The number of amides is 1. The standard InChI is InChI=1S/C27H19N7O/c28-17-18-1-6-24-23(15-18)25(10-14-30-24)32-20-4-2-19(3-5-20)27(35)34-22-9-13-31-26(16-22)33-21-7-11-29-12-8-21/h1-16H,(H,30,32)(H2,29,31,33,34,35). The lowest BCUT2D eigenvalue weighted by molar-refractivity contribution is 0.102. The number of carbonyl (C=O) groups excluding carboxylic acids is 1. The second kappa shape index (κ2) is 9.68. The summed E-state index contributed by atoms with van der Waals surface area (Å²) >= 11 is 0. The quantitative estimate of drug-likeness (QED) is 0.302. The zero-order valence-electron chi connectivity index (χ0n) is 18.4. The molecule has 5 rings (SSSR count). The maximum Gasteiger partial charge on any atom is 0.255 e. The summed E-state index contributed by atoms with van der Waals surface area (Å²) in [6.07, 6.45) is 6.72. The number of fused-ring (bicyclic) bond motifs is 1. The largest absolute Gasteiger partial charge is 0.355 e. The van der Waals surface area contributed by atoms with Gasteiger partial charge in [-0.1, -0.05) is 0 Å². The third kappa shape index (κ3) is 5.05. The monoisotopic (exact) mass is 457 g/mol. The van der Waals surface area contributed by atoms with Gasteiger partial charge >= 0.3 is 0 Å². The maximum absolute atomic E-state index is 12.8. The molecule has 168 valence electrons. The summed E-state index contributed by atoms with van der Waals surface area (Å²) < 4.78 is 0. The predicted octanol–water partition coefficient (Wildman–Crippen LogP) is 5.64. The molecule has 0 aliphatic heterocycles. The van der Waals surface area contributed by atoms with Gasteiger partial charge in [0.2, 0.25) is 0 Å². The smallest absolute Gasteiger partial charge is 0.255 e. The van der Waals surface area contributed by atoms with Crippen LogP contribution in [0.5, 0.6) is 0 Å². The Balaban J connectivity index is 1.28. The molecular weight excluding hydrogens is 438 g/mol. The first-order valence-corrected chi connectivity index (χ1v) is 10.8. The fourth-order valence-corrected chi connectivity index (χ4v) is 3.55. The minimum absolute atomic E-state index is 0.231. The molecule has 0 fully saturated rings. The van der Waals surface area contributed by atoms with Gasteiger partial charge in [-0.2, -0.15) is 5.26 Å². The SMILES string of the molecule is N#Cc1ccc2nccc(Nc3ccc(C(=O)Nc4ccnc(Nc5ccncc5)c4)cc3)c2c1. The van der Waals surface area contributed by atoms with Crippen LogP contribution in [0.2, 0.25) is 0 Å². The van der Waals surface area contributed by atoms with E-state index in [9.17, 15) is 10.1 Å². The van der Waals surface area contributed by atoms with E-state index in [0.717, 1.165) is 28.0 Å². The summed E-state index contributed by atoms with van der Waals surface area (Å²) in [5.41, 5.74) is 4.99. The molecule has 3 aromatic heterocycles. The van der Waals surface area contributed by atoms with Crippen molar-refractivity contribution in [3.63, 3.8) is 0 Å². The van der Waals surface area contributed by atoms with Crippen molar-refractivity contribution in [3.05, 3.63) is 109 Å². The molecule has 0 unspecified atom stereocenters. The number of anilines is 5. The van der Waals surface area contributed by atoms with Crippen molar-refractivity contribution in [1.29, 1.82) is 5.26 Å². The molecule has 0 aliphatic rings. The van der Waals surface area contributed by atoms with Crippen molar-refractivity contribution in [2.24, 2.45) is 0 Å². The Morgan fingerprint density at radius 1 is 0.743 bits per heavy atom. The first kappa shape index (κ1) is 21.6. The summed E-state index contributed by atoms with van der Waals surface area (Å²) in [5, 5.41) is 19.5. The van der Waals surface area contributed by atoms with Crippen molar-refractivity contribution in [3.8, 4) is 6.07 Å². The molecule has 0 saturated carbocycles. The van der Waals surface area contributed by atoms with Gasteiger partial charge in [-0.05, 0) is 66.7 Å². The highest BCUT2D eigenvalue weighted by molar-refractivity contribution is 6.04. The second-order valence-corrected chi connectivity index (χ2v) is 7.65. The normalized spacial score (nSPS) is 10.4. The molecule has 0 radical (unpaired) electrons. The van der Waals surface area contributed by atoms with Gasteiger partial charge in [-0.3, -0.25) is 14.8 Å². The van der Waals surface area contributed by atoms with Crippen LogP contribution in [0.25, 0.3) is 10.9 Å². The van der Waals surface area contributed by atoms with E-state index in [-0.39, 0.29) is 5.91 Å². The van der Waals surface area contributed by atoms with Gasteiger partial charge in [0.15, 0.2) is 0 Å². The van der Waals surface area contributed by atoms with Gasteiger partial charge in [0.25, 0.3) is 5.91 Å². The van der Waals surface area contributed by atoms with Gasteiger partial charge in [0.1, 0.15) is 5.82 Å². The fourth-order valence-electron chi connectivity index (χ4n) is 3.55. The highest BCUT2D eigenvalue weighted by Gasteiger charge is 2.09. The summed E-state index contributed by atoms with van der Waals surface area (Å²) in [6.45, 7) is 0. The molecule has 5 aromatic rings. The second-order valence-electron chi connectivity index (χ2n) is 7.65. The lowest BCUT2D eigenvalue weighted by Crippen LogP contribution is -2.12. The van der Waals surface area contributed by atoms with Crippen LogP contribution in [-0.2, 0) is 0 Å². The van der Waals surface area contributed by atoms with Crippen molar-refractivity contribution < 1.29 is 4.79 Å². The van der Waals surface area contributed by atoms with Crippen LogP contribution >= 0.6 is 0 Å². The third-order valence-corrected chi connectivity index (χ3v) is 5.27. The lowest BCUT2D eigenvalue weighted by atomic mass is 10.1. The number of nitrogens with zero attached hydrogens (tertiary/aromatic N) is 4. The number of aromatic nitrogens is 3. The number of rotatable bonds is 6. The van der Waals surface area contributed by atoms with E-state index in [2.05, 4.69) is 37.0 Å². The average molecular weight is 457 g/mol. The molecule has 35 heavy (non-hydrogen) atoms. The number of nitriles is 1. The van der Waals surface area contributed by atoms with Crippen LogP contribution in [0.1, 0.15) is 15.9 Å². The Hall–Kier alpha value is -5.29. The van der Waals surface area contributed by atoms with Crippen LogP contribution in [-0.4, -0.2) is 20.9 Å². The molecule has 0 aliphatic carbocycles. The summed E-state index contributed by atoms with van der Waals surface area (Å²) in [6, 6.07) is 23.7. The first-order chi connectivity index (χ1) is 17.2. The summed E-state index contributed by atoms with van der Waals surface area (Å²) in [7, 11) is 0. The highest BCUT2D eigenvalue weighted by atomic mass is 16.1. The molecule has 1 amide bonds. The van der Waals surface area contributed by atoms with Crippen LogP contribution in [0.15, 0.2) is 97.6 Å². The Morgan fingerprint density at radius 3 is 2.29 bits per heavy atom. The number of benzene rings is 2. The maximum atomic E-state index is 12.8. The Kier molecular flexibility index (Phi) is 5.96. The van der Waals surface area contributed by atoms with E-state index < -0.39 is 0 Å². The lowest BCUT2D eigenvalue weighted by Gasteiger charge is -2.11. The van der Waals surface area contributed by atoms with Gasteiger partial charge in [0, 0.05) is 64.6 Å². The van der Waals surface area contributed by atoms with Gasteiger partial charge in [-0.15, -0.1) is 0 Å². The molecular formula is C27H19N7O. The van der Waals surface area contributed by atoms with Crippen molar-refractivity contribution in [2.45, 2.75) is 0 Å². The molecule has 0 spiro atoms. The summed E-state index contributed by atoms with van der Waals surface area (Å²) in [4.78, 5) is 25.4. The zero-order chi connectivity index (χ0) is 24.0. The van der Waals surface area contributed by atoms with E-state index in [1.807, 2.05) is 36.4 Å². The number of hydrogen-bond acceptors (Lipinski definition) is 7. The van der Waals surface area contributed by atoms with Crippen molar-refractivity contribution in [1.82, 2.24) is 15.0 Å². The van der Waals surface area contributed by atoms with E-state index in [0.29, 0.717) is 22.6 Å². The van der Waals surface area contributed by atoms with E-state index in [1.165, 1.54) is 0 Å². The van der Waals surface area contributed by atoms with E-state index in [1.54, 1.807) is 61.2 Å². The van der Waals surface area contributed by atoms with Crippen LogP contribution in [0, 0.1) is 11.3 Å². The van der Waals surface area contributed by atoms with E-state index >= 15 is 0 Å². The van der Waals surface area contributed by atoms with Crippen molar-refractivity contribution >= 4 is 45.4 Å². The molecule has 8 nitrogen and oxygen atoms in total. The number of nitrogens with one attached hydrogen (secondary N) is 3. The number of pyridine rings is 3. The van der Waals surface area contributed by atoms with Crippen LogP contribution in [0.3, 0.4) is 0 Å². The molecule has 2 aromatic carbocycles. The van der Waals surface area contributed by atoms with Crippen molar-refractivity contribution in [2.75, 3.05) is 16.0 Å². The molecule has 0 atom stereocenters. The third-order valence-electron chi connectivity index (χ3n) is 5.27. The Morgan fingerprint density at radius 2 is 1.49 bits per heavy atom. The average Bonchev–Trinajstić information content (AvgIpc) is 2.90. The Bertz CT molecular complexity index is 1540. The minimum Gasteiger partial charge on any atom is -0.355 e. The van der Waals surface area contributed by atoms with Crippen LogP contribution in [0.4, 0.5) is 28.6 Å². The molecule has 0 saturated heterocycles. The predicted molar refractivity (Wildman–Crippen MR) is 136 cm³/mol. The van der Waals surface area contributed by atoms with Gasteiger partial charge < -0.3 is 16.0 Å². The number of hydrogen-bond donors (Lipinski definition) is 3. The summed E-state index contributed by atoms with van der Waals surface area (Å²) in [5.74, 6) is 0.378. The zero-order valence-corrected chi connectivity index (χ0v) is 18.4. The van der Waals surface area contributed by atoms with Gasteiger partial charge in [0.05, 0.1) is 17.1 Å². The minimum atomic E-state index is -0.231. The first-order valence-electron chi connectivity index (χ1n) is 10.8. The molecule has 3 heterocycles. The Labute approximate surface area is 201 Å². The number of carbonyl (C=O) groups is 1. The highest BCUT2D eigenvalue weighted by Crippen LogP contribution is 2.26. The fraction of sp³-hybridized carbons (Fsp3) is 0. The molecule has 3 N–H and O–H groups in total. The van der Waals surface area contributed by atoms with Crippen LogP contribution < -0.4 is 16.0 Å².